The zero-order chi connectivity index (χ0) is 12.3. The van der Waals surface area contributed by atoms with Gasteiger partial charge in [0.25, 0.3) is 0 Å². The molecule has 0 unspecified atom stereocenters. The maximum atomic E-state index is 4.35. The van der Waals surface area contributed by atoms with E-state index in [9.17, 15) is 0 Å². The number of pyridine rings is 1. The van der Waals surface area contributed by atoms with E-state index < -0.39 is 0 Å². The Labute approximate surface area is 101 Å². The van der Waals surface area contributed by atoms with E-state index in [0.717, 1.165) is 36.1 Å². The normalized spacial score (nSPS) is 10.5. The molecule has 2 aromatic heterocycles. The molecule has 2 aromatic rings. The Balaban J connectivity index is 2.29. The van der Waals surface area contributed by atoms with Crippen LogP contribution < -0.4 is 5.32 Å². The summed E-state index contributed by atoms with van der Waals surface area (Å²) in [4.78, 5) is 8.56. The Kier molecular flexibility index (Phi) is 3.37. The van der Waals surface area contributed by atoms with Gasteiger partial charge in [-0.2, -0.15) is 5.10 Å². The second kappa shape index (κ2) is 4.95. The van der Waals surface area contributed by atoms with Gasteiger partial charge in [0.15, 0.2) is 0 Å². The zero-order valence-corrected chi connectivity index (χ0v) is 10.4. The van der Waals surface area contributed by atoms with Crippen LogP contribution in [0, 0.1) is 13.8 Å². The summed E-state index contributed by atoms with van der Waals surface area (Å²) in [5, 5.41) is 7.61. The lowest BCUT2D eigenvalue weighted by Gasteiger charge is -2.06. The molecule has 0 radical (unpaired) electrons. The first-order valence-electron chi connectivity index (χ1n) is 5.81. The molecule has 5 heteroatoms. The number of hydrogen-bond donors (Lipinski definition) is 1. The molecule has 1 N–H and O–H groups in total. The third-order valence-corrected chi connectivity index (χ3v) is 2.42. The average molecular weight is 231 g/mol. The highest BCUT2D eigenvalue weighted by atomic mass is 15.3. The minimum Gasteiger partial charge on any atom is -0.370 e. The second-order valence-electron chi connectivity index (χ2n) is 3.94. The van der Waals surface area contributed by atoms with Gasteiger partial charge < -0.3 is 5.32 Å². The standard InChI is InChI=1S/C12H17N5/c1-4-6-13-12-8-11(5-7-14-12)17-10(3)15-9(2)16-17/h5,7-8H,4,6H2,1-3H3,(H,13,14). The van der Waals surface area contributed by atoms with Gasteiger partial charge in [0.2, 0.25) is 0 Å². The van der Waals surface area contributed by atoms with Gasteiger partial charge in [0.1, 0.15) is 17.5 Å². The molecule has 0 bridgehead atoms. The number of aryl methyl sites for hydroxylation is 2. The largest absolute Gasteiger partial charge is 0.370 e. The maximum absolute atomic E-state index is 4.35. The van der Waals surface area contributed by atoms with Gasteiger partial charge in [-0.05, 0) is 26.3 Å². The molecule has 0 atom stereocenters. The van der Waals surface area contributed by atoms with E-state index in [-0.39, 0.29) is 0 Å². The molecule has 0 amide bonds. The van der Waals surface area contributed by atoms with Crippen LogP contribution >= 0.6 is 0 Å². The topological polar surface area (TPSA) is 55.6 Å². The Bertz CT molecular complexity index is 503. The highest BCUT2D eigenvalue weighted by molar-refractivity contribution is 5.44. The van der Waals surface area contributed by atoms with E-state index in [1.165, 1.54) is 0 Å². The Morgan fingerprint density at radius 1 is 1.35 bits per heavy atom. The van der Waals surface area contributed by atoms with Crippen LogP contribution in [0.4, 0.5) is 5.82 Å². The summed E-state index contributed by atoms with van der Waals surface area (Å²) < 4.78 is 1.83. The van der Waals surface area contributed by atoms with Gasteiger partial charge >= 0.3 is 0 Å². The number of nitrogens with one attached hydrogen (secondary N) is 1. The predicted molar refractivity (Wildman–Crippen MR) is 67.4 cm³/mol. The first kappa shape index (κ1) is 11.6. The number of hydrogen-bond acceptors (Lipinski definition) is 4. The van der Waals surface area contributed by atoms with E-state index in [2.05, 4.69) is 27.3 Å². The highest BCUT2D eigenvalue weighted by Gasteiger charge is 2.05. The summed E-state index contributed by atoms with van der Waals surface area (Å²) in [5.41, 5.74) is 0.983. The number of rotatable bonds is 4. The van der Waals surface area contributed by atoms with Gasteiger partial charge in [-0.25, -0.2) is 14.6 Å². The molecule has 2 rings (SSSR count). The first-order valence-corrected chi connectivity index (χ1v) is 5.81. The van der Waals surface area contributed by atoms with E-state index >= 15 is 0 Å². The van der Waals surface area contributed by atoms with Crippen molar-refractivity contribution in [3.8, 4) is 5.69 Å². The Morgan fingerprint density at radius 3 is 2.82 bits per heavy atom. The quantitative estimate of drug-likeness (QED) is 0.875. The fourth-order valence-electron chi connectivity index (χ4n) is 1.67. The van der Waals surface area contributed by atoms with Crippen molar-refractivity contribution in [3.05, 3.63) is 30.0 Å². The van der Waals surface area contributed by atoms with Crippen molar-refractivity contribution < 1.29 is 0 Å². The molecule has 0 aliphatic heterocycles. The third-order valence-electron chi connectivity index (χ3n) is 2.42. The predicted octanol–water partition coefficient (Wildman–Crippen LogP) is 2.10. The van der Waals surface area contributed by atoms with Crippen molar-refractivity contribution >= 4 is 5.82 Å². The van der Waals surface area contributed by atoms with Gasteiger partial charge in [0, 0.05) is 18.8 Å². The molecule has 0 aromatic carbocycles. The van der Waals surface area contributed by atoms with Crippen LogP contribution in [0.15, 0.2) is 18.3 Å². The molecular formula is C12H17N5. The molecule has 2 heterocycles. The van der Waals surface area contributed by atoms with E-state index in [4.69, 9.17) is 0 Å². The molecule has 0 fully saturated rings. The minimum absolute atomic E-state index is 0.780. The smallest absolute Gasteiger partial charge is 0.148 e. The lowest BCUT2D eigenvalue weighted by atomic mass is 10.3. The zero-order valence-electron chi connectivity index (χ0n) is 10.4. The Morgan fingerprint density at radius 2 is 2.18 bits per heavy atom. The molecular weight excluding hydrogens is 214 g/mol. The number of nitrogens with zero attached hydrogens (tertiary/aromatic N) is 4. The molecule has 0 spiro atoms. The van der Waals surface area contributed by atoms with E-state index in [0.29, 0.717) is 0 Å². The van der Waals surface area contributed by atoms with Crippen LogP contribution in [-0.2, 0) is 0 Å². The van der Waals surface area contributed by atoms with Gasteiger partial charge in [0.05, 0.1) is 5.69 Å². The number of aromatic nitrogens is 4. The highest BCUT2D eigenvalue weighted by Crippen LogP contribution is 2.12. The second-order valence-corrected chi connectivity index (χ2v) is 3.94. The third kappa shape index (κ3) is 2.61. The fraction of sp³-hybridized carbons (Fsp3) is 0.417. The van der Waals surface area contributed by atoms with Crippen LogP contribution in [0.5, 0.6) is 0 Å². The van der Waals surface area contributed by atoms with Crippen molar-refractivity contribution in [3.63, 3.8) is 0 Å². The van der Waals surface area contributed by atoms with Crippen LogP contribution in [0.1, 0.15) is 25.0 Å². The van der Waals surface area contributed by atoms with Crippen LogP contribution in [0.2, 0.25) is 0 Å². The van der Waals surface area contributed by atoms with Gasteiger partial charge in [-0.3, -0.25) is 0 Å². The SMILES string of the molecule is CCCNc1cc(-n2nc(C)nc2C)ccn1. The molecule has 90 valence electrons. The lowest BCUT2D eigenvalue weighted by Crippen LogP contribution is -2.04. The summed E-state index contributed by atoms with van der Waals surface area (Å²) in [6.07, 6.45) is 2.86. The van der Waals surface area contributed by atoms with Crippen molar-refractivity contribution in [2.45, 2.75) is 27.2 Å². The van der Waals surface area contributed by atoms with Crippen molar-refractivity contribution in [2.75, 3.05) is 11.9 Å². The molecule has 5 nitrogen and oxygen atoms in total. The van der Waals surface area contributed by atoms with Crippen molar-refractivity contribution in [2.24, 2.45) is 0 Å². The number of anilines is 1. The van der Waals surface area contributed by atoms with Crippen LogP contribution in [0.3, 0.4) is 0 Å². The van der Waals surface area contributed by atoms with Crippen LogP contribution in [0.25, 0.3) is 5.69 Å². The fourth-order valence-corrected chi connectivity index (χ4v) is 1.67. The lowest BCUT2D eigenvalue weighted by molar-refractivity contribution is 0.828. The summed E-state index contributed by atoms with van der Waals surface area (Å²) >= 11 is 0. The average Bonchev–Trinajstić information content (AvgIpc) is 2.66. The molecule has 0 saturated carbocycles. The minimum atomic E-state index is 0.780. The maximum Gasteiger partial charge on any atom is 0.148 e. The molecule has 0 aliphatic rings. The molecule has 0 aliphatic carbocycles. The Hall–Kier alpha value is -1.91. The first-order chi connectivity index (χ1) is 8.20. The summed E-state index contributed by atoms with van der Waals surface area (Å²) in [6.45, 7) is 6.88. The molecule has 17 heavy (non-hydrogen) atoms. The summed E-state index contributed by atoms with van der Waals surface area (Å²) in [5.74, 6) is 2.54. The molecule has 0 saturated heterocycles. The summed E-state index contributed by atoms with van der Waals surface area (Å²) in [7, 11) is 0. The van der Waals surface area contributed by atoms with Crippen LogP contribution in [-0.4, -0.2) is 26.3 Å². The van der Waals surface area contributed by atoms with Crippen molar-refractivity contribution in [1.29, 1.82) is 0 Å². The van der Waals surface area contributed by atoms with E-state index in [1.54, 1.807) is 6.20 Å². The van der Waals surface area contributed by atoms with Gasteiger partial charge in [-0.1, -0.05) is 6.92 Å². The monoisotopic (exact) mass is 231 g/mol. The van der Waals surface area contributed by atoms with Crippen molar-refractivity contribution in [1.82, 2.24) is 19.7 Å². The van der Waals surface area contributed by atoms with Gasteiger partial charge in [-0.15, -0.1) is 0 Å². The van der Waals surface area contributed by atoms with E-state index in [1.807, 2.05) is 30.7 Å². The summed E-state index contributed by atoms with van der Waals surface area (Å²) in [6, 6.07) is 3.91.